The Morgan fingerprint density at radius 3 is 2.63 bits per heavy atom. The third-order valence-corrected chi connectivity index (χ3v) is 7.42. The Hall–Kier alpha value is -4.06. The molecule has 0 saturated carbocycles. The van der Waals surface area contributed by atoms with Crippen LogP contribution < -0.4 is 15.6 Å². The van der Waals surface area contributed by atoms with Crippen LogP contribution in [0, 0.1) is 5.82 Å². The van der Waals surface area contributed by atoms with Gasteiger partial charge in [-0.15, -0.1) is 10.2 Å². The molecule has 4 heterocycles. The highest BCUT2D eigenvalue weighted by atomic mass is 32.1. The van der Waals surface area contributed by atoms with Gasteiger partial charge in [0, 0.05) is 50.7 Å². The predicted octanol–water partition coefficient (Wildman–Crippen LogP) is 3.77. The zero-order chi connectivity index (χ0) is 26.8. The van der Waals surface area contributed by atoms with Crippen molar-refractivity contribution in [1.29, 1.82) is 0 Å². The van der Waals surface area contributed by atoms with Gasteiger partial charge in [-0.05, 0) is 37.6 Å². The van der Waals surface area contributed by atoms with Gasteiger partial charge in [0.25, 0.3) is 11.8 Å². The third-order valence-electron chi connectivity index (χ3n) is 6.52. The topological polar surface area (TPSA) is 114 Å². The van der Waals surface area contributed by atoms with E-state index in [1.54, 1.807) is 27.7 Å². The van der Waals surface area contributed by atoms with E-state index in [0.29, 0.717) is 49.1 Å². The first-order valence-corrected chi connectivity index (χ1v) is 13.3. The lowest BCUT2D eigenvalue weighted by Crippen LogP contribution is -2.49. The monoisotopic (exact) mass is 538 g/mol. The van der Waals surface area contributed by atoms with E-state index in [9.17, 15) is 14.4 Å². The number of hydrogen-bond donors (Lipinski definition) is 1. The molecule has 0 unspecified atom stereocenters. The quantitative estimate of drug-likeness (QED) is 0.381. The van der Waals surface area contributed by atoms with E-state index >= 15 is 4.39 Å². The first kappa shape index (κ1) is 25.6. The van der Waals surface area contributed by atoms with Crippen LogP contribution in [0.5, 0.6) is 0 Å². The van der Waals surface area contributed by atoms with Gasteiger partial charge in [0.1, 0.15) is 16.4 Å². The zero-order valence-electron chi connectivity index (χ0n) is 21.1. The molecule has 1 aromatic carbocycles. The molecule has 1 fully saturated rings. The zero-order valence-corrected chi connectivity index (χ0v) is 21.9. The van der Waals surface area contributed by atoms with Crippen LogP contribution in [0.3, 0.4) is 0 Å². The number of amides is 2. The summed E-state index contributed by atoms with van der Waals surface area (Å²) in [6.07, 6.45) is 4.61. The fourth-order valence-corrected chi connectivity index (χ4v) is 5.39. The van der Waals surface area contributed by atoms with Crippen LogP contribution in [0.15, 0.2) is 45.9 Å². The van der Waals surface area contributed by atoms with Gasteiger partial charge in [-0.25, -0.2) is 4.39 Å². The summed E-state index contributed by atoms with van der Waals surface area (Å²) >= 11 is 1.26. The van der Waals surface area contributed by atoms with Crippen molar-refractivity contribution in [2.24, 2.45) is 0 Å². The number of pyridine rings is 1. The maximum Gasteiger partial charge on any atom is 0.289 e. The average molecular weight is 539 g/mol. The van der Waals surface area contributed by atoms with Crippen molar-refractivity contribution in [3.05, 3.63) is 69.1 Å². The van der Waals surface area contributed by atoms with Crippen molar-refractivity contribution in [2.45, 2.75) is 33.2 Å². The van der Waals surface area contributed by atoms with Crippen molar-refractivity contribution in [3.8, 4) is 0 Å². The highest BCUT2D eigenvalue weighted by Gasteiger charge is 2.26. The lowest BCUT2D eigenvalue weighted by Gasteiger charge is -2.36. The fourth-order valence-electron chi connectivity index (χ4n) is 4.56. The highest BCUT2D eigenvalue weighted by molar-refractivity contribution is 7.15. The van der Waals surface area contributed by atoms with Crippen LogP contribution in [-0.4, -0.2) is 57.7 Å². The van der Waals surface area contributed by atoms with Gasteiger partial charge >= 0.3 is 0 Å². The van der Waals surface area contributed by atoms with Crippen LogP contribution in [0.2, 0.25) is 0 Å². The SMILES string of the molecule is CCCc1nnc(NC(=O)c2cn(CC)c3cc(N4CCN(C(=O)c5ccco5)CC4)c(F)cc3c2=O)s1. The number of hydrogen-bond acceptors (Lipinski definition) is 8. The standard InChI is InChI=1S/C26H27FN6O4S/c1-3-6-22-29-30-26(38-22)28-24(35)17-15-31(4-2)19-14-20(18(27)13-16(19)23(17)34)32-8-10-33(11-9-32)25(36)21-7-5-12-37-21/h5,7,12-15H,3-4,6,8-11H2,1-2H3,(H,28,30,35). The second-order valence-corrected chi connectivity index (χ2v) is 10.0. The summed E-state index contributed by atoms with van der Waals surface area (Å²) in [6.45, 7) is 6.03. The van der Waals surface area contributed by atoms with E-state index in [4.69, 9.17) is 4.42 Å². The highest BCUT2D eigenvalue weighted by Crippen LogP contribution is 2.27. The van der Waals surface area contributed by atoms with E-state index in [2.05, 4.69) is 15.5 Å². The molecule has 5 rings (SSSR count). The molecule has 4 aromatic rings. The lowest BCUT2D eigenvalue weighted by molar-refractivity contribution is 0.0714. The van der Waals surface area contributed by atoms with Crippen molar-refractivity contribution in [3.63, 3.8) is 0 Å². The molecular formula is C26H27FN6O4S. The molecule has 0 radical (unpaired) electrons. The fraction of sp³-hybridized carbons (Fsp3) is 0.346. The van der Waals surface area contributed by atoms with Crippen LogP contribution >= 0.6 is 11.3 Å². The molecule has 2 amide bonds. The lowest BCUT2D eigenvalue weighted by atomic mass is 10.1. The number of carbonyl (C=O) groups excluding carboxylic acids is 2. The third kappa shape index (κ3) is 4.91. The minimum atomic E-state index is -0.611. The molecule has 1 aliphatic heterocycles. The number of anilines is 2. The summed E-state index contributed by atoms with van der Waals surface area (Å²) in [5.74, 6) is -1.10. The van der Waals surface area contributed by atoms with Crippen molar-refractivity contribution >= 4 is 44.9 Å². The number of fused-ring (bicyclic) bond motifs is 1. The summed E-state index contributed by atoms with van der Waals surface area (Å²) < 4.78 is 22.3. The summed E-state index contributed by atoms with van der Waals surface area (Å²) in [6, 6.07) is 6.12. The molecule has 0 spiro atoms. The van der Waals surface area contributed by atoms with Gasteiger partial charge in [0.15, 0.2) is 5.76 Å². The molecule has 10 nitrogen and oxygen atoms in total. The number of aromatic nitrogens is 3. The van der Waals surface area contributed by atoms with E-state index in [1.165, 1.54) is 29.9 Å². The Bertz CT molecular complexity index is 1540. The van der Waals surface area contributed by atoms with E-state index in [1.807, 2.05) is 18.7 Å². The van der Waals surface area contributed by atoms with Crippen molar-refractivity contribution < 1.29 is 18.4 Å². The van der Waals surface area contributed by atoms with E-state index in [0.717, 1.165) is 17.8 Å². The molecule has 3 aromatic heterocycles. The summed E-state index contributed by atoms with van der Waals surface area (Å²) in [5, 5.41) is 11.9. The number of rotatable bonds is 7. The van der Waals surface area contributed by atoms with Crippen LogP contribution in [0.1, 0.15) is 46.2 Å². The molecule has 0 bridgehead atoms. The summed E-state index contributed by atoms with van der Waals surface area (Å²) in [5.41, 5.74) is 0.225. The van der Waals surface area contributed by atoms with Crippen LogP contribution in [-0.2, 0) is 13.0 Å². The van der Waals surface area contributed by atoms with E-state index < -0.39 is 17.2 Å². The van der Waals surface area contributed by atoms with Crippen molar-refractivity contribution in [1.82, 2.24) is 19.7 Å². The molecule has 12 heteroatoms. The molecule has 0 atom stereocenters. The number of nitrogens with one attached hydrogen (secondary N) is 1. The maximum atomic E-state index is 15.4. The molecule has 1 aliphatic rings. The normalized spacial score (nSPS) is 13.8. The predicted molar refractivity (Wildman–Crippen MR) is 143 cm³/mol. The summed E-state index contributed by atoms with van der Waals surface area (Å²) in [7, 11) is 0. The van der Waals surface area contributed by atoms with Crippen LogP contribution in [0.25, 0.3) is 10.9 Å². The minimum Gasteiger partial charge on any atom is -0.459 e. The number of aryl methyl sites for hydroxylation is 2. The molecule has 38 heavy (non-hydrogen) atoms. The maximum absolute atomic E-state index is 15.4. The minimum absolute atomic E-state index is 0.0937. The average Bonchev–Trinajstić information content (AvgIpc) is 3.61. The smallest absolute Gasteiger partial charge is 0.289 e. The van der Waals surface area contributed by atoms with Crippen LogP contribution in [0.4, 0.5) is 15.2 Å². The van der Waals surface area contributed by atoms with Gasteiger partial charge in [0.05, 0.1) is 17.5 Å². The number of benzene rings is 1. The number of furan rings is 1. The second kappa shape index (κ2) is 10.7. The Labute approximate surface area is 221 Å². The Kier molecular flexibility index (Phi) is 7.23. The first-order valence-electron chi connectivity index (χ1n) is 12.5. The summed E-state index contributed by atoms with van der Waals surface area (Å²) in [4.78, 5) is 42.3. The molecule has 1 saturated heterocycles. The van der Waals surface area contributed by atoms with Gasteiger partial charge in [-0.1, -0.05) is 18.3 Å². The number of nitrogens with zero attached hydrogens (tertiary/aromatic N) is 5. The molecule has 1 N–H and O–H groups in total. The van der Waals surface area contributed by atoms with Gasteiger partial charge in [0.2, 0.25) is 10.6 Å². The Balaban J connectivity index is 1.40. The molecular weight excluding hydrogens is 511 g/mol. The Morgan fingerprint density at radius 1 is 1.16 bits per heavy atom. The number of carbonyl (C=O) groups is 2. The largest absolute Gasteiger partial charge is 0.459 e. The number of piperazine rings is 1. The van der Waals surface area contributed by atoms with Crippen molar-refractivity contribution in [2.75, 3.05) is 36.4 Å². The molecule has 198 valence electrons. The first-order chi connectivity index (χ1) is 18.4. The van der Waals surface area contributed by atoms with Gasteiger partial charge in [-0.3, -0.25) is 19.7 Å². The van der Waals surface area contributed by atoms with E-state index in [-0.39, 0.29) is 22.6 Å². The second-order valence-electron chi connectivity index (χ2n) is 8.94. The number of halogens is 1. The molecule has 0 aliphatic carbocycles. The van der Waals surface area contributed by atoms with Gasteiger partial charge < -0.3 is 18.8 Å². The van der Waals surface area contributed by atoms with Gasteiger partial charge in [-0.2, -0.15) is 0 Å². The Morgan fingerprint density at radius 2 is 1.95 bits per heavy atom.